The lowest BCUT2D eigenvalue weighted by molar-refractivity contribution is -0.124. The molecular weight excluding hydrogens is 420 g/mol. The standard InChI is InChI=1S/C21H24N4O5S/c1-29-16-6-3-14(11-17(16)30-2)12-18-20(27)25(21(28)31-18)10-8-23-19(26)13-24(9-7-22)15-4-5-15/h3,6,11-12,15H,4-5,8-10,13H2,1-2H3,(H,23,26)/b18-12-. The second-order valence-corrected chi connectivity index (χ2v) is 8.09. The van der Waals surface area contributed by atoms with Gasteiger partial charge in [0.15, 0.2) is 11.5 Å². The van der Waals surface area contributed by atoms with Crippen molar-refractivity contribution in [3.63, 3.8) is 0 Å². The van der Waals surface area contributed by atoms with Gasteiger partial charge in [0.05, 0.1) is 38.3 Å². The minimum atomic E-state index is -0.400. The molecule has 9 nitrogen and oxygen atoms in total. The van der Waals surface area contributed by atoms with Crippen molar-refractivity contribution in [2.45, 2.75) is 18.9 Å². The average molecular weight is 445 g/mol. The number of nitrogens with one attached hydrogen (secondary N) is 1. The Morgan fingerprint density at radius 2 is 2.06 bits per heavy atom. The van der Waals surface area contributed by atoms with Gasteiger partial charge in [0.25, 0.3) is 11.1 Å². The van der Waals surface area contributed by atoms with Crippen molar-refractivity contribution in [2.75, 3.05) is 40.4 Å². The molecule has 1 aromatic carbocycles. The van der Waals surface area contributed by atoms with Crippen LogP contribution in [0.5, 0.6) is 11.5 Å². The zero-order valence-electron chi connectivity index (χ0n) is 17.4. The van der Waals surface area contributed by atoms with Crippen LogP contribution in [0.2, 0.25) is 0 Å². The number of nitrogens with zero attached hydrogens (tertiary/aromatic N) is 3. The molecular formula is C21H24N4O5S. The van der Waals surface area contributed by atoms with Crippen LogP contribution in [0.15, 0.2) is 23.1 Å². The summed E-state index contributed by atoms with van der Waals surface area (Å²) in [6.07, 6.45) is 3.62. The molecule has 1 saturated carbocycles. The number of benzene rings is 1. The van der Waals surface area contributed by atoms with E-state index in [9.17, 15) is 14.4 Å². The molecule has 2 fully saturated rings. The second kappa shape index (κ2) is 10.3. The number of ether oxygens (including phenoxy) is 2. The Morgan fingerprint density at radius 1 is 1.32 bits per heavy atom. The first kappa shape index (κ1) is 22.7. The van der Waals surface area contributed by atoms with Crippen molar-refractivity contribution in [1.82, 2.24) is 15.1 Å². The van der Waals surface area contributed by atoms with E-state index in [-0.39, 0.29) is 37.3 Å². The van der Waals surface area contributed by atoms with Crippen molar-refractivity contribution in [2.24, 2.45) is 0 Å². The van der Waals surface area contributed by atoms with E-state index < -0.39 is 5.91 Å². The summed E-state index contributed by atoms with van der Waals surface area (Å²) >= 11 is 0.858. The minimum Gasteiger partial charge on any atom is -0.493 e. The summed E-state index contributed by atoms with van der Waals surface area (Å²) < 4.78 is 10.5. The van der Waals surface area contributed by atoms with Crippen molar-refractivity contribution in [3.05, 3.63) is 28.7 Å². The molecule has 1 aliphatic carbocycles. The quantitative estimate of drug-likeness (QED) is 0.430. The fraction of sp³-hybridized carbons (Fsp3) is 0.429. The van der Waals surface area contributed by atoms with Gasteiger partial charge in [-0.2, -0.15) is 5.26 Å². The largest absolute Gasteiger partial charge is 0.493 e. The maximum atomic E-state index is 12.6. The minimum absolute atomic E-state index is 0.0847. The predicted molar refractivity (Wildman–Crippen MR) is 115 cm³/mol. The lowest BCUT2D eigenvalue weighted by Gasteiger charge is -2.18. The lowest BCUT2D eigenvalue weighted by atomic mass is 10.2. The number of hydrogen-bond donors (Lipinski definition) is 1. The molecule has 31 heavy (non-hydrogen) atoms. The zero-order chi connectivity index (χ0) is 22.4. The molecule has 0 atom stereocenters. The molecule has 0 spiro atoms. The van der Waals surface area contributed by atoms with E-state index in [1.54, 1.807) is 24.3 Å². The van der Waals surface area contributed by atoms with Crippen molar-refractivity contribution >= 4 is 34.9 Å². The number of carbonyl (C=O) groups excluding carboxylic acids is 3. The fourth-order valence-corrected chi connectivity index (χ4v) is 4.04. The van der Waals surface area contributed by atoms with E-state index in [0.29, 0.717) is 28.0 Å². The molecule has 0 unspecified atom stereocenters. The van der Waals surface area contributed by atoms with Crippen LogP contribution in [0, 0.1) is 11.3 Å². The highest BCUT2D eigenvalue weighted by molar-refractivity contribution is 8.18. The first-order valence-electron chi connectivity index (χ1n) is 9.82. The molecule has 2 aliphatic rings. The Bertz CT molecular complexity index is 938. The molecule has 3 amide bonds. The van der Waals surface area contributed by atoms with Gasteiger partial charge in [-0.1, -0.05) is 6.07 Å². The van der Waals surface area contributed by atoms with Gasteiger partial charge in [-0.3, -0.25) is 24.2 Å². The van der Waals surface area contributed by atoms with E-state index in [1.165, 1.54) is 14.2 Å². The summed E-state index contributed by atoms with van der Waals surface area (Å²) in [4.78, 5) is 40.3. The molecule has 10 heteroatoms. The summed E-state index contributed by atoms with van der Waals surface area (Å²) in [7, 11) is 3.06. The third kappa shape index (κ3) is 5.77. The number of thioether (sulfide) groups is 1. The van der Waals surface area contributed by atoms with E-state index in [0.717, 1.165) is 29.5 Å². The number of methoxy groups -OCH3 is 2. The molecule has 1 aliphatic heterocycles. The van der Waals surface area contributed by atoms with Crippen LogP contribution >= 0.6 is 11.8 Å². The van der Waals surface area contributed by atoms with Crippen LogP contribution in [0.25, 0.3) is 6.08 Å². The number of carbonyl (C=O) groups is 3. The van der Waals surface area contributed by atoms with Crippen LogP contribution in [0.4, 0.5) is 4.79 Å². The molecule has 1 aromatic rings. The molecule has 1 saturated heterocycles. The third-order valence-electron chi connectivity index (χ3n) is 4.92. The van der Waals surface area contributed by atoms with Crippen LogP contribution in [0.3, 0.4) is 0 Å². The maximum Gasteiger partial charge on any atom is 0.293 e. The Balaban J connectivity index is 1.55. The van der Waals surface area contributed by atoms with Gasteiger partial charge in [-0.05, 0) is 48.4 Å². The Morgan fingerprint density at radius 3 is 2.71 bits per heavy atom. The molecule has 0 bridgehead atoms. The van der Waals surface area contributed by atoms with Gasteiger partial charge in [0.2, 0.25) is 5.91 Å². The number of rotatable bonds is 10. The average Bonchev–Trinajstić information content (AvgIpc) is 3.57. The summed E-state index contributed by atoms with van der Waals surface area (Å²) in [5.74, 6) is 0.464. The molecule has 1 heterocycles. The summed E-state index contributed by atoms with van der Waals surface area (Å²) in [6.45, 7) is 0.592. The SMILES string of the molecule is COc1ccc(/C=C2\SC(=O)N(CCNC(=O)CN(CC#N)C3CC3)C2=O)cc1OC. The monoisotopic (exact) mass is 444 g/mol. The van der Waals surface area contributed by atoms with Gasteiger partial charge in [-0.25, -0.2) is 0 Å². The molecule has 0 radical (unpaired) electrons. The highest BCUT2D eigenvalue weighted by Gasteiger charge is 2.35. The number of nitriles is 1. The fourth-order valence-electron chi connectivity index (χ4n) is 3.18. The Kier molecular flexibility index (Phi) is 7.55. The van der Waals surface area contributed by atoms with Crippen molar-refractivity contribution in [1.29, 1.82) is 5.26 Å². The highest BCUT2D eigenvalue weighted by atomic mass is 32.2. The van der Waals surface area contributed by atoms with Gasteiger partial charge in [0.1, 0.15) is 0 Å². The Labute approximate surface area is 185 Å². The summed E-state index contributed by atoms with van der Waals surface area (Å²) in [5, 5.41) is 11.2. The van der Waals surface area contributed by atoms with Gasteiger partial charge in [0, 0.05) is 19.1 Å². The lowest BCUT2D eigenvalue weighted by Crippen LogP contribution is -2.42. The van der Waals surface area contributed by atoms with E-state index >= 15 is 0 Å². The third-order valence-corrected chi connectivity index (χ3v) is 5.83. The predicted octanol–water partition coefficient (Wildman–Crippen LogP) is 1.84. The second-order valence-electron chi connectivity index (χ2n) is 7.09. The van der Waals surface area contributed by atoms with E-state index in [2.05, 4.69) is 11.4 Å². The van der Waals surface area contributed by atoms with Gasteiger partial charge in [-0.15, -0.1) is 0 Å². The van der Waals surface area contributed by atoms with Gasteiger partial charge >= 0.3 is 0 Å². The molecule has 1 N–H and O–H groups in total. The highest BCUT2D eigenvalue weighted by Crippen LogP contribution is 2.34. The smallest absolute Gasteiger partial charge is 0.293 e. The van der Waals surface area contributed by atoms with E-state index in [1.807, 2.05) is 4.90 Å². The number of imide groups is 1. The first-order chi connectivity index (χ1) is 15.0. The number of hydrogen-bond acceptors (Lipinski definition) is 8. The summed E-state index contributed by atoms with van der Waals surface area (Å²) in [5.41, 5.74) is 0.703. The van der Waals surface area contributed by atoms with Crippen LogP contribution in [0.1, 0.15) is 18.4 Å². The molecule has 0 aromatic heterocycles. The molecule has 164 valence electrons. The Hall–Kier alpha value is -3.03. The topological polar surface area (TPSA) is 112 Å². The van der Waals surface area contributed by atoms with Gasteiger partial charge < -0.3 is 14.8 Å². The molecule has 3 rings (SSSR count). The zero-order valence-corrected chi connectivity index (χ0v) is 18.2. The maximum absolute atomic E-state index is 12.6. The van der Waals surface area contributed by atoms with Crippen LogP contribution in [-0.4, -0.2) is 73.3 Å². The number of amides is 3. The summed E-state index contributed by atoms with van der Waals surface area (Å²) in [6, 6.07) is 7.58. The van der Waals surface area contributed by atoms with Crippen molar-refractivity contribution in [3.8, 4) is 17.6 Å². The van der Waals surface area contributed by atoms with Crippen molar-refractivity contribution < 1.29 is 23.9 Å². The van der Waals surface area contributed by atoms with Crippen LogP contribution < -0.4 is 14.8 Å². The van der Waals surface area contributed by atoms with Crippen LogP contribution in [-0.2, 0) is 9.59 Å². The van der Waals surface area contributed by atoms with E-state index in [4.69, 9.17) is 14.7 Å². The normalized spacial score (nSPS) is 17.2. The first-order valence-corrected chi connectivity index (χ1v) is 10.6.